The van der Waals surface area contributed by atoms with Crippen molar-refractivity contribution < 1.29 is 9.59 Å². The van der Waals surface area contributed by atoms with E-state index < -0.39 is 6.04 Å². The van der Waals surface area contributed by atoms with Gasteiger partial charge in [0, 0.05) is 12.1 Å². The van der Waals surface area contributed by atoms with Gasteiger partial charge in [-0.1, -0.05) is 30.1 Å². The summed E-state index contributed by atoms with van der Waals surface area (Å²) in [5, 5.41) is 5.99. The van der Waals surface area contributed by atoms with Crippen LogP contribution in [-0.4, -0.2) is 24.4 Å². The van der Waals surface area contributed by atoms with Gasteiger partial charge in [-0.3, -0.25) is 9.59 Å². The molecule has 1 aromatic rings. The van der Waals surface area contributed by atoms with E-state index in [0.29, 0.717) is 22.2 Å². The quantitative estimate of drug-likeness (QED) is 0.878. The van der Waals surface area contributed by atoms with Crippen LogP contribution < -0.4 is 10.6 Å². The van der Waals surface area contributed by atoms with Crippen LogP contribution in [0.5, 0.6) is 0 Å². The maximum Gasteiger partial charge on any atom is 0.251 e. The highest BCUT2D eigenvalue weighted by Gasteiger charge is 2.16. The van der Waals surface area contributed by atoms with Gasteiger partial charge < -0.3 is 10.6 Å². The second kappa shape index (κ2) is 7.36. The van der Waals surface area contributed by atoms with Crippen LogP contribution in [-0.2, 0) is 4.79 Å². The van der Waals surface area contributed by atoms with E-state index in [2.05, 4.69) is 10.6 Å². The van der Waals surface area contributed by atoms with Crippen molar-refractivity contribution >= 4 is 35.0 Å². The van der Waals surface area contributed by atoms with E-state index in [1.165, 1.54) is 6.07 Å². The van der Waals surface area contributed by atoms with Crippen molar-refractivity contribution in [2.75, 3.05) is 6.54 Å². The Bertz CT molecular complexity index is 478. The molecule has 2 amide bonds. The molecule has 0 unspecified atom stereocenters. The molecule has 0 bridgehead atoms. The van der Waals surface area contributed by atoms with E-state index in [4.69, 9.17) is 23.2 Å². The molecular weight excluding hydrogens is 287 g/mol. The van der Waals surface area contributed by atoms with Crippen LogP contribution in [0.2, 0.25) is 10.0 Å². The molecule has 19 heavy (non-hydrogen) atoms. The van der Waals surface area contributed by atoms with E-state index in [0.717, 1.165) is 6.42 Å². The minimum absolute atomic E-state index is 0.213. The standard InChI is InChI=1S/C13H16Cl2N2O2/c1-3-6-16-12(18)8(2)17-13(19)9-4-5-10(14)11(15)7-9/h4-5,7-8H,3,6H2,1-2H3,(H,16,18)(H,17,19)/t8-/m1/s1. The van der Waals surface area contributed by atoms with Crippen LogP contribution in [0.1, 0.15) is 30.6 Å². The van der Waals surface area contributed by atoms with Crippen LogP contribution in [0.3, 0.4) is 0 Å². The van der Waals surface area contributed by atoms with Crippen molar-refractivity contribution in [3.8, 4) is 0 Å². The molecule has 1 atom stereocenters. The van der Waals surface area contributed by atoms with E-state index in [1.54, 1.807) is 19.1 Å². The lowest BCUT2D eigenvalue weighted by Crippen LogP contribution is -2.45. The Morgan fingerprint density at radius 1 is 1.26 bits per heavy atom. The summed E-state index contributed by atoms with van der Waals surface area (Å²) in [6, 6.07) is 3.96. The fraction of sp³-hybridized carbons (Fsp3) is 0.385. The van der Waals surface area contributed by atoms with Gasteiger partial charge in [-0.15, -0.1) is 0 Å². The topological polar surface area (TPSA) is 58.2 Å². The first-order valence-corrected chi connectivity index (χ1v) is 6.75. The molecule has 0 aliphatic heterocycles. The number of rotatable bonds is 5. The third kappa shape index (κ3) is 4.73. The zero-order valence-electron chi connectivity index (χ0n) is 10.8. The second-order valence-electron chi connectivity index (χ2n) is 4.12. The van der Waals surface area contributed by atoms with Crippen molar-refractivity contribution in [3.05, 3.63) is 33.8 Å². The number of nitrogens with one attached hydrogen (secondary N) is 2. The van der Waals surface area contributed by atoms with Gasteiger partial charge in [-0.05, 0) is 31.5 Å². The maximum absolute atomic E-state index is 11.9. The number of hydrogen-bond donors (Lipinski definition) is 2. The Morgan fingerprint density at radius 3 is 2.53 bits per heavy atom. The molecule has 6 heteroatoms. The van der Waals surface area contributed by atoms with Crippen LogP contribution in [0.25, 0.3) is 0 Å². The first-order valence-electron chi connectivity index (χ1n) is 5.99. The Morgan fingerprint density at radius 2 is 1.95 bits per heavy atom. The van der Waals surface area contributed by atoms with Crippen LogP contribution in [0.15, 0.2) is 18.2 Å². The Balaban J connectivity index is 2.63. The number of halogens is 2. The molecule has 104 valence electrons. The smallest absolute Gasteiger partial charge is 0.251 e. The zero-order chi connectivity index (χ0) is 14.4. The minimum Gasteiger partial charge on any atom is -0.354 e. The molecule has 0 radical (unpaired) electrons. The average Bonchev–Trinajstić information content (AvgIpc) is 2.38. The number of carbonyl (C=O) groups excluding carboxylic acids is 2. The van der Waals surface area contributed by atoms with Gasteiger partial charge in [0.25, 0.3) is 5.91 Å². The molecule has 0 aliphatic rings. The molecular formula is C13H16Cl2N2O2. The van der Waals surface area contributed by atoms with E-state index in [9.17, 15) is 9.59 Å². The summed E-state index contributed by atoms with van der Waals surface area (Å²) >= 11 is 11.6. The molecule has 1 aromatic carbocycles. The zero-order valence-corrected chi connectivity index (χ0v) is 12.3. The molecule has 2 N–H and O–H groups in total. The van der Waals surface area contributed by atoms with Gasteiger partial charge >= 0.3 is 0 Å². The lowest BCUT2D eigenvalue weighted by Gasteiger charge is -2.14. The molecule has 0 fully saturated rings. The lowest BCUT2D eigenvalue weighted by atomic mass is 10.2. The molecule has 0 spiro atoms. The van der Waals surface area contributed by atoms with E-state index in [-0.39, 0.29) is 11.8 Å². The molecule has 4 nitrogen and oxygen atoms in total. The predicted octanol–water partition coefficient (Wildman–Crippen LogP) is 2.64. The third-order valence-electron chi connectivity index (χ3n) is 2.47. The summed E-state index contributed by atoms with van der Waals surface area (Å²) < 4.78 is 0. The second-order valence-corrected chi connectivity index (χ2v) is 4.93. The van der Waals surface area contributed by atoms with Gasteiger partial charge in [-0.2, -0.15) is 0 Å². The van der Waals surface area contributed by atoms with Crippen molar-refractivity contribution in [2.45, 2.75) is 26.3 Å². The molecule has 0 saturated carbocycles. The summed E-state index contributed by atoms with van der Waals surface area (Å²) in [4.78, 5) is 23.5. The Kier molecular flexibility index (Phi) is 6.12. The SMILES string of the molecule is CCCNC(=O)[C@@H](C)NC(=O)c1ccc(Cl)c(Cl)c1. The largest absolute Gasteiger partial charge is 0.354 e. The molecule has 0 aromatic heterocycles. The summed E-state index contributed by atoms with van der Waals surface area (Å²) in [6.07, 6.45) is 0.846. The number of benzene rings is 1. The monoisotopic (exact) mass is 302 g/mol. The summed E-state index contributed by atoms with van der Waals surface area (Å²) in [5.41, 5.74) is 0.365. The fourth-order valence-corrected chi connectivity index (χ4v) is 1.68. The van der Waals surface area contributed by atoms with Crippen molar-refractivity contribution in [1.82, 2.24) is 10.6 Å². The normalized spacial score (nSPS) is 11.8. The molecule has 0 heterocycles. The van der Waals surface area contributed by atoms with Crippen LogP contribution >= 0.6 is 23.2 Å². The fourth-order valence-electron chi connectivity index (χ4n) is 1.38. The van der Waals surface area contributed by atoms with Crippen molar-refractivity contribution in [2.24, 2.45) is 0 Å². The van der Waals surface area contributed by atoms with Crippen molar-refractivity contribution in [3.63, 3.8) is 0 Å². The maximum atomic E-state index is 11.9. The number of carbonyl (C=O) groups is 2. The number of hydrogen-bond acceptors (Lipinski definition) is 2. The number of amides is 2. The molecule has 1 rings (SSSR count). The van der Waals surface area contributed by atoms with Crippen LogP contribution in [0.4, 0.5) is 0 Å². The van der Waals surface area contributed by atoms with Crippen molar-refractivity contribution in [1.29, 1.82) is 0 Å². The summed E-state index contributed by atoms with van der Waals surface area (Å²) in [7, 11) is 0. The molecule has 0 aliphatic carbocycles. The Hall–Kier alpha value is -1.26. The average molecular weight is 303 g/mol. The highest BCUT2D eigenvalue weighted by Crippen LogP contribution is 2.22. The van der Waals surface area contributed by atoms with Crippen LogP contribution in [0, 0.1) is 0 Å². The first-order chi connectivity index (χ1) is 8.95. The lowest BCUT2D eigenvalue weighted by molar-refractivity contribution is -0.122. The predicted molar refractivity (Wildman–Crippen MR) is 76.7 cm³/mol. The van der Waals surface area contributed by atoms with Gasteiger partial charge in [0.2, 0.25) is 5.91 Å². The first kappa shape index (κ1) is 15.8. The molecule has 0 saturated heterocycles. The highest BCUT2D eigenvalue weighted by molar-refractivity contribution is 6.42. The van der Waals surface area contributed by atoms with Gasteiger partial charge in [0.1, 0.15) is 6.04 Å². The summed E-state index contributed by atoms with van der Waals surface area (Å²) in [5.74, 6) is -0.576. The third-order valence-corrected chi connectivity index (χ3v) is 3.21. The van der Waals surface area contributed by atoms with E-state index in [1.807, 2.05) is 6.92 Å². The van der Waals surface area contributed by atoms with E-state index >= 15 is 0 Å². The Labute approximate surface area is 122 Å². The summed E-state index contributed by atoms with van der Waals surface area (Å²) in [6.45, 7) is 4.17. The highest BCUT2D eigenvalue weighted by atomic mass is 35.5. The minimum atomic E-state index is -0.603. The van der Waals surface area contributed by atoms with Gasteiger partial charge in [-0.25, -0.2) is 0 Å². The van der Waals surface area contributed by atoms with Gasteiger partial charge in [0.15, 0.2) is 0 Å². The van der Waals surface area contributed by atoms with Gasteiger partial charge in [0.05, 0.1) is 10.0 Å².